The molecule has 0 spiro atoms. The van der Waals surface area contributed by atoms with Crippen molar-refractivity contribution in [3.05, 3.63) is 47.8 Å². The van der Waals surface area contributed by atoms with Crippen LogP contribution in [0.15, 0.2) is 30.9 Å². The predicted molar refractivity (Wildman–Crippen MR) is 56.0 cm³/mol. The van der Waals surface area contributed by atoms with E-state index in [2.05, 4.69) is 12.0 Å². The molecular formula is C11H15FN2. The van der Waals surface area contributed by atoms with E-state index < -0.39 is 0 Å². The number of halogens is 1. The van der Waals surface area contributed by atoms with Gasteiger partial charge >= 0.3 is 0 Å². The smallest absolute Gasteiger partial charge is 0.130 e. The van der Waals surface area contributed by atoms with Gasteiger partial charge in [-0.25, -0.2) is 4.39 Å². The van der Waals surface area contributed by atoms with Gasteiger partial charge in [-0.15, -0.1) is 6.58 Å². The molecule has 3 heteroatoms. The molecule has 76 valence electrons. The fraction of sp³-hybridized carbons (Fsp3) is 0.273. The summed E-state index contributed by atoms with van der Waals surface area (Å²) in [4.78, 5) is 0. The lowest BCUT2D eigenvalue weighted by atomic mass is 10.0. The van der Waals surface area contributed by atoms with Gasteiger partial charge in [0.1, 0.15) is 5.82 Å². The third-order valence-corrected chi connectivity index (χ3v) is 2.20. The van der Waals surface area contributed by atoms with Crippen LogP contribution >= 0.6 is 0 Å². The summed E-state index contributed by atoms with van der Waals surface area (Å²) >= 11 is 0. The van der Waals surface area contributed by atoms with Crippen molar-refractivity contribution < 1.29 is 4.39 Å². The Morgan fingerprint density at radius 3 is 2.93 bits per heavy atom. The molecule has 0 saturated heterocycles. The molecule has 2 nitrogen and oxygen atoms in total. The number of hydrazine groups is 1. The second kappa shape index (κ2) is 4.88. The van der Waals surface area contributed by atoms with E-state index in [1.54, 1.807) is 25.1 Å². The molecule has 0 saturated carbocycles. The van der Waals surface area contributed by atoms with Crippen molar-refractivity contribution >= 4 is 0 Å². The van der Waals surface area contributed by atoms with Gasteiger partial charge in [0.15, 0.2) is 0 Å². The van der Waals surface area contributed by atoms with Gasteiger partial charge in [-0.2, -0.15) is 0 Å². The summed E-state index contributed by atoms with van der Waals surface area (Å²) in [6.07, 6.45) is 2.32. The minimum Gasteiger partial charge on any atom is -0.271 e. The van der Waals surface area contributed by atoms with E-state index in [-0.39, 0.29) is 11.9 Å². The Labute approximate surface area is 83.6 Å². The van der Waals surface area contributed by atoms with Crippen LogP contribution < -0.4 is 11.3 Å². The Hall–Kier alpha value is -1.19. The van der Waals surface area contributed by atoms with Gasteiger partial charge in [-0.05, 0) is 18.9 Å². The molecule has 0 aliphatic carbocycles. The average molecular weight is 194 g/mol. The SMILES string of the molecule is C=CCC(NN)c1cccc(C)c1F. The van der Waals surface area contributed by atoms with Crippen molar-refractivity contribution in [3.63, 3.8) is 0 Å². The van der Waals surface area contributed by atoms with E-state index in [9.17, 15) is 4.39 Å². The van der Waals surface area contributed by atoms with Crippen LogP contribution in [0, 0.1) is 12.7 Å². The van der Waals surface area contributed by atoms with Crippen LogP contribution in [0.4, 0.5) is 4.39 Å². The first-order valence-electron chi connectivity index (χ1n) is 4.52. The summed E-state index contributed by atoms with van der Waals surface area (Å²) in [5.41, 5.74) is 3.80. The van der Waals surface area contributed by atoms with E-state index in [0.29, 0.717) is 17.5 Å². The highest BCUT2D eigenvalue weighted by Gasteiger charge is 2.13. The lowest BCUT2D eigenvalue weighted by Gasteiger charge is -2.15. The van der Waals surface area contributed by atoms with E-state index in [0.717, 1.165) is 0 Å². The number of benzene rings is 1. The zero-order valence-corrected chi connectivity index (χ0v) is 8.26. The summed E-state index contributed by atoms with van der Waals surface area (Å²) < 4.78 is 13.6. The van der Waals surface area contributed by atoms with Crippen molar-refractivity contribution in [2.45, 2.75) is 19.4 Å². The second-order valence-corrected chi connectivity index (χ2v) is 3.22. The van der Waals surface area contributed by atoms with Crippen LogP contribution in [-0.2, 0) is 0 Å². The van der Waals surface area contributed by atoms with Crippen LogP contribution in [0.5, 0.6) is 0 Å². The topological polar surface area (TPSA) is 38.0 Å². The monoisotopic (exact) mass is 194 g/mol. The summed E-state index contributed by atoms with van der Waals surface area (Å²) in [5, 5.41) is 0. The Balaban J connectivity index is 3.03. The van der Waals surface area contributed by atoms with E-state index in [1.165, 1.54) is 0 Å². The van der Waals surface area contributed by atoms with Crippen LogP contribution in [0.1, 0.15) is 23.6 Å². The van der Waals surface area contributed by atoms with E-state index >= 15 is 0 Å². The van der Waals surface area contributed by atoms with Gasteiger partial charge in [-0.1, -0.05) is 24.3 Å². The molecule has 0 amide bonds. The predicted octanol–water partition coefficient (Wildman–Crippen LogP) is 2.21. The molecule has 1 aromatic carbocycles. The fourth-order valence-corrected chi connectivity index (χ4v) is 1.39. The molecule has 1 unspecified atom stereocenters. The first-order valence-corrected chi connectivity index (χ1v) is 4.52. The maximum absolute atomic E-state index is 13.6. The molecule has 1 aromatic rings. The quantitative estimate of drug-likeness (QED) is 0.438. The highest BCUT2D eigenvalue weighted by molar-refractivity contribution is 5.27. The highest BCUT2D eigenvalue weighted by atomic mass is 19.1. The molecule has 0 aliphatic rings. The molecule has 14 heavy (non-hydrogen) atoms. The normalized spacial score (nSPS) is 12.5. The van der Waals surface area contributed by atoms with Gasteiger partial charge in [0, 0.05) is 5.56 Å². The average Bonchev–Trinajstić information content (AvgIpc) is 2.19. The molecular weight excluding hydrogens is 179 g/mol. The maximum Gasteiger partial charge on any atom is 0.130 e. The van der Waals surface area contributed by atoms with Crippen LogP contribution in [0.25, 0.3) is 0 Å². The van der Waals surface area contributed by atoms with Crippen molar-refractivity contribution in [3.8, 4) is 0 Å². The molecule has 3 N–H and O–H groups in total. The molecule has 1 atom stereocenters. The van der Waals surface area contributed by atoms with Crippen molar-refractivity contribution in [1.82, 2.24) is 5.43 Å². The molecule has 0 aromatic heterocycles. The van der Waals surface area contributed by atoms with Gasteiger partial charge in [0.2, 0.25) is 0 Å². The number of rotatable bonds is 4. The Morgan fingerprint density at radius 2 is 2.36 bits per heavy atom. The van der Waals surface area contributed by atoms with Crippen LogP contribution in [0.2, 0.25) is 0 Å². The van der Waals surface area contributed by atoms with Crippen molar-refractivity contribution in [2.24, 2.45) is 5.84 Å². The second-order valence-electron chi connectivity index (χ2n) is 3.22. The number of nitrogens with two attached hydrogens (primary N) is 1. The summed E-state index contributed by atoms with van der Waals surface area (Å²) in [6.45, 7) is 5.34. The minimum absolute atomic E-state index is 0.197. The van der Waals surface area contributed by atoms with Gasteiger partial charge in [0.05, 0.1) is 6.04 Å². The van der Waals surface area contributed by atoms with Crippen molar-refractivity contribution in [2.75, 3.05) is 0 Å². The van der Waals surface area contributed by atoms with Gasteiger partial charge in [-0.3, -0.25) is 11.3 Å². The Kier molecular flexibility index (Phi) is 3.80. The van der Waals surface area contributed by atoms with Crippen LogP contribution in [0.3, 0.4) is 0 Å². The van der Waals surface area contributed by atoms with Gasteiger partial charge in [0.25, 0.3) is 0 Å². The molecule has 0 aliphatic heterocycles. The third-order valence-electron chi connectivity index (χ3n) is 2.20. The fourth-order valence-electron chi connectivity index (χ4n) is 1.39. The number of aryl methyl sites for hydroxylation is 1. The van der Waals surface area contributed by atoms with Crippen LogP contribution in [-0.4, -0.2) is 0 Å². The maximum atomic E-state index is 13.6. The molecule has 0 radical (unpaired) electrons. The zero-order chi connectivity index (χ0) is 10.6. The van der Waals surface area contributed by atoms with E-state index in [4.69, 9.17) is 5.84 Å². The first kappa shape index (κ1) is 10.9. The largest absolute Gasteiger partial charge is 0.271 e. The summed E-state index contributed by atoms with van der Waals surface area (Å²) in [7, 11) is 0. The van der Waals surface area contributed by atoms with Crippen molar-refractivity contribution in [1.29, 1.82) is 0 Å². The summed E-state index contributed by atoms with van der Waals surface area (Å²) in [5.74, 6) is 5.15. The third kappa shape index (κ3) is 2.19. The Bertz CT molecular complexity index is 323. The first-order chi connectivity index (χ1) is 6.70. The zero-order valence-electron chi connectivity index (χ0n) is 8.26. The lowest BCUT2D eigenvalue weighted by molar-refractivity contribution is 0.513. The lowest BCUT2D eigenvalue weighted by Crippen LogP contribution is -2.28. The summed E-state index contributed by atoms with van der Waals surface area (Å²) in [6, 6.07) is 5.09. The Morgan fingerprint density at radius 1 is 1.64 bits per heavy atom. The van der Waals surface area contributed by atoms with Gasteiger partial charge < -0.3 is 0 Å². The number of nitrogens with one attached hydrogen (secondary N) is 1. The standard InChI is InChI=1S/C11H15FN2/c1-3-5-10(14-13)9-7-4-6-8(2)11(9)12/h3-4,6-7,10,14H,1,5,13H2,2H3. The molecule has 0 fully saturated rings. The number of hydrogen-bond donors (Lipinski definition) is 2. The van der Waals surface area contributed by atoms with E-state index in [1.807, 2.05) is 6.07 Å². The molecule has 1 rings (SSSR count). The molecule has 0 bridgehead atoms. The number of hydrogen-bond acceptors (Lipinski definition) is 2. The highest BCUT2D eigenvalue weighted by Crippen LogP contribution is 2.21. The minimum atomic E-state index is -0.201. The molecule has 0 heterocycles.